The van der Waals surface area contributed by atoms with E-state index in [-0.39, 0.29) is 40.2 Å². The molecular weight excluding hydrogens is 1490 g/mol. The molecule has 0 bridgehead atoms. The van der Waals surface area contributed by atoms with E-state index in [1.807, 2.05) is 255 Å². The number of hydrogen-bond acceptors (Lipinski definition) is 10. The molecule has 8 aromatic carbocycles. The van der Waals surface area contributed by atoms with E-state index in [2.05, 4.69) is 90.6 Å². The Kier molecular flexibility index (Phi) is 28.6. The fourth-order valence-corrected chi connectivity index (χ4v) is 9.05. The standard InChI is InChI=1S/C17H11NO.C17H10NO.4C11H8N.2CH4O.2Ir/c2*1-2-7-16-13(5-1)14-9-8-12(11-17(14)19-16)15-6-3-4-10-18-15;4*1-2-6-10(7-3-1)11-8-4-5-9-12-11;2*1-2;;/h1-11H;1-7,9-11H;4*1-6,8-9H;2*2H,1H3;;/q;5*-1;;;;+3. The third-order valence-corrected chi connectivity index (χ3v) is 13.2. The van der Waals surface area contributed by atoms with Crippen LogP contribution in [0.3, 0.4) is 0 Å². The topological polar surface area (TPSA) is 144 Å². The summed E-state index contributed by atoms with van der Waals surface area (Å²) in [6.45, 7) is 0. The van der Waals surface area contributed by atoms with Gasteiger partial charge in [0.05, 0.1) is 11.3 Å². The number of furan rings is 2. The van der Waals surface area contributed by atoms with Crippen LogP contribution >= 0.6 is 0 Å². The summed E-state index contributed by atoms with van der Waals surface area (Å²) in [5.41, 5.74) is 15.6. The van der Waals surface area contributed by atoms with E-state index in [1.165, 1.54) is 0 Å². The van der Waals surface area contributed by atoms with Gasteiger partial charge in [0.25, 0.3) is 0 Å². The molecule has 0 aliphatic heterocycles. The molecule has 2 N–H and O–H groups in total. The zero-order chi connectivity index (χ0) is 62.2. The Hall–Kier alpha value is -10.5. The first-order chi connectivity index (χ1) is 44.7. The van der Waals surface area contributed by atoms with E-state index >= 15 is 0 Å². The fraction of sp³-hybridized carbons (Fsp3) is 0.0250. The predicted molar refractivity (Wildman–Crippen MR) is 363 cm³/mol. The summed E-state index contributed by atoms with van der Waals surface area (Å²) in [7, 11) is 2.00. The van der Waals surface area contributed by atoms with Gasteiger partial charge in [-0.1, -0.05) is 121 Å². The van der Waals surface area contributed by atoms with Crippen LogP contribution in [0.2, 0.25) is 0 Å². The first-order valence-corrected chi connectivity index (χ1v) is 28.7. The molecule has 0 unspecified atom stereocenters. The number of pyridine rings is 6. The van der Waals surface area contributed by atoms with Crippen molar-refractivity contribution >= 4 is 43.9 Å². The van der Waals surface area contributed by atoms with Crippen LogP contribution in [0.4, 0.5) is 0 Å². The predicted octanol–water partition coefficient (Wildman–Crippen LogP) is 18.5. The monoisotopic (exact) mass is 1560 g/mol. The second-order valence-corrected chi connectivity index (χ2v) is 18.9. The number of nitrogens with zero attached hydrogens (tertiary/aromatic N) is 6. The average molecular weight is 1550 g/mol. The number of aliphatic hydroxyl groups excluding tert-OH is 2. The van der Waals surface area contributed by atoms with Crippen molar-refractivity contribution in [3.05, 3.63) is 353 Å². The zero-order valence-electron chi connectivity index (χ0n) is 50.2. The largest absolute Gasteiger partial charge is 3.00 e. The van der Waals surface area contributed by atoms with E-state index in [0.717, 1.165) is 126 Å². The summed E-state index contributed by atoms with van der Waals surface area (Å²) in [6.07, 6.45) is 10.7. The van der Waals surface area contributed by atoms with Crippen LogP contribution in [-0.4, -0.2) is 54.3 Å². The smallest absolute Gasteiger partial charge is 0.476 e. The summed E-state index contributed by atoms with van der Waals surface area (Å²) >= 11 is 0. The van der Waals surface area contributed by atoms with Crippen molar-refractivity contribution in [3.8, 4) is 67.5 Å². The maximum Gasteiger partial charge on any atom is 3.00 e. The van der Waals surface area contributed by atoms with Gasteiger partial charge in [0.2, 0.25) is 0 Å². The number of para-hydroxylation sites is 2. The molecule has 0 spiro atoms. The average Bonchev–Trinajstić information content (AvgIpc) is 2.60. The van der Waals surface area contributed by atoms with Crippen LogP contribution in [0.25, 0.3) is 111 Å². The third kappa shape index (κ3) is 19.7. The Bertz CT molecular complexity index is 4010. The number of benzene rings is 8. The maximum atomic E-state index is 7.00. The van der Waals surface area contributed by atoms with Crippen molar-refractivity contribution in [1.82, 2.24) is 29.9 Å². The van der Waals surface area contributed by atoms with Gasteiger partial charge in [0.15, 0.2) is 0 Å². The van der Waals surface area contributed by atoms with Gasteiger partial charge < -0.3 is 44.0 Å². The van der Waals surface area contributed by atoms with E-state index in [4.69, 9.17) is 19.0 Å². The summed E-state index contributed by atoms with van der Waals surface area (Å²) in [6, 6.07) is 109. The van der Waals surface area contributed by atoms with Crippen LogP contribution in [0.15, 0.2) is 331 Å². The van der Waals surface area contributed by atoms with Gasteiger partial charge in [-0.2, -0.15) is 0 Å². The Morgan fingerprint density at radius 2 is 0.554 bits per heavy atom. The molecule has 0 aliphatic rings. The second-order valence-electron chi connectivity index (χ2n) is 18.9. The molecule has 92 heavy (non-hydrogen) atoms. The molecule has 0 fully saturated rings. The van der Waals surface area contributed by atoms with Crippen molar-refractivity contribution in [2.75, 3.05) is 14.2 Å². The Labute approximate surface area is 563 Å². The van der Waals surface area contributed by atoms with Crippen molar-refractivity contribution in [1.29, 1.82) is 0 Å². The molecule has 10 nitrogen and oxygen atoms in total. The van der Waals surface area contributed by atoms with Gasteiger partial charge in [-0.05, 0) is 101 Å². The molecule has 455 valence electrons. The minimum atomic E-state index is 0. The van der Waals surface area contributed by atoms with Crippen molar-refractivity contribution in [2.45, 2.75) is 0 Å². The van der Waals surface area contributed by atoms with Crippen LogP contribution in [0, 0.1) is 30.3 Å². The van der Waals surface area contributed by atoms with Gasteiger partial charge >= 0.3 is 20.1 Å². The molecule has 16 aromatic rings. The van der Waals surface area contributed by atoms with Gasteiger partial charge in [-0.3, -0.25) is 4.98 Å². The van der Waals surface area contributed by atoms with Crippen molar-refractivity contribution in [2.24, 2.45) is 0 Å². The summed E-state index contributed by atoms with van der Waals surface area (Å²) in [5.74, 6) is 0. The normalized spacial score (nSPS) is 9.78. The van der Waals surface area contributed by atoms with Gasteiger partial charge in [-0.15, -0.1) is 161 Å². The number of aromatic nitrogens is 6. The Balaban J connectivity index is 0.000000156. The minimum Gasteiger partial charge on any atom is -0.476 e. The van der Waals surface area contributed by atoms with E-state index in [1.54, 1.807) is 37.2 Å². The van der Waals surface area contributed by atoms with Crippen LogP contribution in [0.1, 0.15) is 0 Å². The number of rotatable bonds is 6. The maximum absolute atomic E-state index is 7.00. The SMILES string of the molecule is CO.CO.[Ir+3].[Ir].[c-]1cc2c(cc1-c1ccccn1)oc1ccccc12.[c-]1ccccc1-c1ccccn1.[c-]1ccccc1-c1ccccn1.[c-]1ccccc1-c1ccccn1.[c-]1ccccc1-c1ccccn1.c1ccc(-c2ccc3c(c2)oc2ccccc23)nc1. The van der Waals surface area contributed by atoms with Gasteiger partial charge in [-0.25, -0.2) is 0 Å². The fourth-order valence-electron chi connectivity index (χ4n) is 9.05. The van der Waals surface area contributed by atoms with Gasteiger partial charge in [0, 0.05) is 87.8 Å². The van der Waals surface area contributed by atoms with E-state index in [9.17, 15) is 0 Å². The molecular formula is C80H61Ir2N6O4-2. The molecule has 8 aromatic heterocycles. The van der Waals surface area contributed by atoms with E-state index < -0.39 is 0 Å². The van der Waals surface area contributed by atoms with E-state index in [0.29, 0.717) is 0 Å². The van der Waals surface area contributed by atoms with Crippen molar-refractivity contribution in [3.63, 3.8) is 0 Å². The summed E-state index contributed by atoms with van der Waals surface area (Å²) < 4.78 is 11.8. The number of fused-ring (bicyclic) bond motifs is 6. The van der Waals surface area contributed by atoms with Gasteiger partial charge in [0.1, 0.15) is 16.7 Å². The quantitative estimate of drug-likeness (QED) is 0.154. The zero-order valence-corrected chi connectivity index (χ0v) is 55.0. The number of hydrogen-bond donors (Lipinski definition) is 2. The van der Waals surface area contributed by atoms with Crippen LogP contribution < -0.4 is 0 Å². The molecule has 12 heteroatoms. The summed E-state index contributed by atoms with van der Waals surface area (Å²) in [4.78, 5) is 25.6. The Morgan fingerprint density at radius 1 is 0.261 bits per heavy atom. The molecule has 0 atom stereocenters. The molecule has 1 radical (unpaired) electrons. The van der Waals surface area contributed by atoms with Crippen molar-refractivity contribution < 1.29 is 59.3 Å². The molecule has 0 saturated heterocycles. The molecule has 0 aliphatic carbocycles. The first kappa shape index (κ1) is 69.0. The molecule has 16 rings (SSSR count). The molecule has 0 saturated carbocycles. The summed E-state index contributed by atoms with van der Waals surface area (Å²) in [5, 5.41) is 18.5. The molecule has 8 heterocycles. The number of aliphatic hydroxyl groups is 2. The third-order valence-electron chi connectivity index (χ3n) is 13.2. The van der Waals surface area contributed by atoms with Crippen LogP contribution in [-0.2, 0) is 40.2 Å². The molecule has 0 amide bonds. The minimum absolute atomic E-state index is 0. The van der Waals surface area contributed by atoms with Crippen LogP contribution in [0.5, 0.6) is 0 Å². The second kappa shape index (κ2) is 38.1. The first-order valence-electron chi connectivity index (χ1n) is 28.7. The Morgan fingerprint density at radius 3 is 0.891 bits per heavy atom.